The van der Waals surface area contributed by atoms with Crippen molar-refractivity contribution in [3.05, 3.63) is 0 Å². The number of unbranched alkanes of at least 4 members (excludes halogenated alkanes) is 1. The fourth-order valence-electron chi connectivity index (χ4n) is 1.11. The number of carboxylic acids is 1. The van der Waals surface area contributed by atoms with Gasteiger partial charge in [0.25, 0.3) is 0 Å². The van der Waals surface area contributed by atoms with Crippen LogP contribution in [0.1, 0.15) is 26.2 Å². The fourth-order valence-corrected chi connectivity index (χ4v) is 1.11. The van der Waals surface area contributed by atoms with Crippen LogP contribution in [0.15, 0.2) is 0 Å². The Bertz CT molecular complexity index is 139. The maximum Gasteiger partial charge on any atom is 0.304 e. The molecule has 0 aliphatic carbocycles. The number of nitrogens with zero attached hydrogens (tertiary/aromatic N) is 1. The molecule has 0 fully saturated rings. The zero-order chi connectivity index (χ0) is 10.1. The van der Waals surface area contributed by atoms with E-state index >= 15 is 0 Å². The molecule has 0 aromatic carbocycles. The van der Waals surface area contributed by atoms with Gasteiger partial charge in [0.15, 0.2) is 0 Å². The molecular weight excluding hydrogens is 170 g/mol. The second-order valence-electron chi connectivity index (χ2n) is 3.06. The van der Waals surface area contributed by atoms with Gasteiger partial charge in [0, 0.05) is 13.1 Å². The average molecular weight is 189 g/mol. The Balaban J connectivity index is 3.59. The summed E-state index contributed by atoms with van der Waals surface area (Å²) < 4.78 is 0. The summed E-state index contributed by atoms with van der Waals surface area (Å²) in [5.41, 5.74) is 0. The van der Waals surface area contributed by atoms with Crippen molar-refractivity contribution in [2.24, 2.45) is 0 Å². The average Bonchev–Trinajstić information content (AvgIpc) is 2.09. The lowest BCUT2D eigenvalue weighted by Gasteiger charge is -2.19. The Labute approximate surface area is 79.2 Å². The van der Waals surface area contributed by atoms with E-state index < -0.39 is 5.97 Å². The van der Waals surface area contributed by atoms with Gasteiger partial charge >= 0.3 is 5.97 Å². The molecule has 0 aliphatic rings. The largest absolute Gasteiger partial charge is 0.481 e. The van der Waals surface area contributed by atoms with E-state index in [2.05, 4.69) is 6.92 Å². The zero-order valence-corrected chi connectivity index (χ0v) is 8.20. The number of carbonyl (C=O) groups is 1. The van der Waals surface area contributed by atoms with Gasteiger partial charge in [-0.15, -0.1) is 0 Å². The predicted molar refractivity (Wildman–Crippen MR) is 50.7 cm³/mol. The third-order valence-electron chi connectivity index (χ3n) is 1.89. The van der Waals surface area contributed by atoms with Gasteiger partial charge in [0.2, 0.25) is 0 Å². The number of carboxylic acid groups (broad SMARTS) is 1. The third-order valence-corrected chi connectivity index (χ3v) is 1.89. The van der Waals surface area contributed by atoms with Crippen molar-refractivity contribution in [2.75, 3.05) is 26.2 Å². The van der Waals surface area contributed by atoms with E-state index in [0.29, 0.717) is 13.1 Å². The van der Waals surface area contributed by atoms with Gasteiger partial charge < -0.3 is 15.1 Å². The molecule has 0 bridgehead atoms. The van der Waals surface area contributed by atoms with Crippen LogP contribution in [0.4, 0.5) is 0 Å². The van der Waals surface area contributed by atoms with Gasteiger partial charge in [0.1, 0.15) is 0 Å². The molecular formula is C9H19NO3. The normalized spacial score (nSPS) is 10.7. The van der Waals surface area contributed by atoms with E-state index in [-0.39, 0.29) is 13.0 Å². The standard InChI is InChI=1S/C9H19NO3/c1-2-3-5-10(7-8-11)6-4-9(12)13/h11H,2-8H2,1H3,(H,12,13). The molecule has 4 heteroatoms. The number of rotatable bonds is 8. The smallest absolute Gasteiger partial charge is 0.304 e. The van der Waals surface area contributed by atoms with Crippen LogP contribution in [0.3, 0.4) is 0 Å². The van der Waals surface area contributed by atoms with Crippen molar-refractivity contribution < 1.29 is 15.0 Å². The quantitative estimate of drug-likeness (QED) is 0.585. The van der Waals surface area contributed by atoms with E-state index in [1.54, 1.807) is 0 Å². The highest BCUT2D eigenvalue weighted by molar-refractivity contribution is 5.66. The van der Waals surface area contributed by atoms with Gasteiger partial charge in [0.05, 0.1) is 13.0 Å². The molecule has 0 rings (SSSR count). The van der Waals surface area contributed by atoms with E-state index in [1.807, 2.05) is 4.90 Å². The molecule has 0 aliphatic heterocycles. The summed E-state index contributed by atoms with van der Waals surface area (Å²) in [4.78, 5) is 12.3. The first-order valence-electron chi connectivity index (χ1n) is 4.75. The molecule has 0 atom stereocenters. The fraction of sp³-hybridized carbons (Fsp3) is 0.889. The van der Waals surface area contributed by atoms with E-state index in [1.165, 1.54) is 0 Å². The summed E-state index contributed by atoms with van der Waals surface area (Å²) in [6, 6.07) is 0. The molecule has 2 N–H and O–H groups in total. The molecule has 0 radical (unpaired) electrons. The van der Waals surface area contributed by atoms with Gasteiger partial charge in [-0.25, -0.2) is 0 Å². The first-order chi connectivity index (χ1) is 6.20. The van der Waals surface area contributed by atoms with Crippen LogP contribution in [0.25, 0.3) is 0 Å². The van der Waals surface area contributed by atoms with Gasteiger partial charge in [-0.2, -0.15) is 0 Å². The maximum absolute atomic E-state index is 10.3. The Morgan fingerprint density at radius 1 is 1.31 bits per heavy atom. The van der Waals surface area contributed by atoms with Crippen molar-refractivity contribution in [3.63, 3.8) is 0 Å². The number of aliphatic hydroxyl groups excluding tert-OH is 1. The summed E-state index contributed by atoms with van der Waals surface area (Å²) in [6.07, 6.45) is 2.30. The first kappa shape index (κ1) is 12.4. The SMILES string of the molecule is CCCCN(CCO)CCC(=O)O. The highest BCUT2D eigenvalue weighted by Gasteiger charge is 2.05. The van der Waals surface area contributed by atoms with Crippen molar-refractivity contribution in [2.45, 2.75) is 26.2 Å². The first-order valence-corrected chi connectivity index (χ1v) is 4.75. The van der Waals surface area contributed by atoms with Crippen molar-refractivity contribution >= 4 is 5.97 Å². The zero-order valence-electron chi connectivity index (χ0n) is 8.20. The predicted octanol–water partition coefficient (Wildman–Crippen LogP) is 0.556. The number of aliphatic hydroxyl groups is 1. The van der Waals surface area contributed by atoms with Crippen molar-refractivity contribution in [3.8, 4) is 0 Å². The van der Waals surface area contributed by atoms with E-state index in [9.17, 15) is 4.79 Å². The Hall–Kier alpha value is -0.610. The molecule has 4 nitrogen and oxygen atoms in total. The van der Waals surface area contributed by atoms with Crippen LogP contribution < -0.4 is 0 Å². The van der Waals surface area contributed by atoms with Crippen LogP contribution in [0, 0.1) is 0 Å². The van der Waals surface area contributed by atoms with E-state index in [0.717, 1.165) is 19.4 Å². The number of hydrogen-bond donors (Lipinski definition) is 2. The molecule has 13 heavy (non-hydrogen) atoms. The van der Waals surface area contributed by atoms with Crippen LogP contribution in [-0.2, 0) is 4.79 Å². The van der Waals surface area contributed by atoms with Crippen LogP contribution >= 0.6 is 0 Å². The topological polar surface area (TPSA) is 60.8 Å². The summed E-state index contributed by atoms with van der Waals surface area (Å²) in [5.74, 6) is -0.778. The van der Waals surface area contributed by atoms with Crippen LogP contribution in [0.2, 0.25) is 0 Å². The summed E-state index contributed by atoms with van der Waals surface area (Å²) in [7, 11) is 0. The monoisotopic (exact) mass is 189 g/mol. The molecule has 0 saturated carbocycles. The number of hydrogen-bond acceptors (Lipinski definition) is 3. The van der Waals surface area contributed by atoms with Crippen molar-refractivity contribution in [1.82, 2.24) is 4.90 Å². The Kier molecular flexibility index (Phi) is 7.63. The third kappa shape index (κ3) is 7.74. The summed E-state index contributed by atoms with van der Waals surface area (Å²) in [5, 5.41) is 17.2. The van der Waals surface area contributed by atoms with Gasteiger partial charge in [-0.3, -0.25) is 4.79 Å². The highest BCUT2D eigenvalue weighted by atomic mass is 16.4. The lowest BCUT2D eigenvalue weighted by molar-refractivity contribution is -0.137. The van der Waals surface area contributed by atoms with Crippen molar-refractivity contribution in [1.29, 1.82) is 0 Å². The summed E-state index contributed by atoms with van der Waals surface area (Å²) in [6.45, 7) is 4.19. The van der Waals surface area contributed by atoms with Gasteiger partial charge in [-0.05, 0) is 13.0 Å². The number of aliphatic carboxylic acids is 1. The molecule has 0 aromatic heterocycles. The Morgan fingerprint density at radius 2 is 2.00 bits per heavy atom. The van der Waals surface area contributed by atoms with Crippen LogP contribution in [0.5, 0.6) is 0 Å². The van der Waals surface area contributed by atoms with E-state index in [4.69, 9.17) is 10.2 Å². The molecule has 0 spiro atoms. The lowest BCUT2D eigenvalue weighted by Crippen LogP contribution is -2.30. The Morgan fingerprint density at radius 3 is 2.46 bits per heavy atom. The minimum atomic E-state index is -0.778. The molecule has 78 valence electrons. The molecule has 0 aromatic rings. The highest BCUT2D eigenvalue weighted by Crippen LogP contribution is 1.96. The molecule has 0 heterocycles. The second-order valence-corrected chi connectivity index (χ2v) is 3.06. The van der Waals surface area contributed by atoms with Crippen LogP contribution in [-0.4, -0.2) is 47.3 Å². The molecule has 0 unspecified atom stereocenters. The lowest BCUT2D eigenvalue weighted by atomic mass is 10.3. The van der Waals surface area contributed by atoms with Gasteiger partial charge in [-0.1, -0.05) is 13.3 Å². The molecule has 0 saturated heterocycles. The maximum atomic E-state index is 10.3. The summed E-state index contributed by atoms with van der Waals surface area (Å²) >= 11 is 0. The molecule has 0 amide bonds. The minimum Gasteiger partial charge on any atom is -0.481 e. The second kappa shape index (κ2) is 8.01. The minimum absolute atomic E-state index is 0.101.